The van der Waals surface area contributed by atoms with Crippen molar-refractivity contribution in [2.75, 3.05) is 5.32 Å². The standard InChI is InChI=1S/C20H18ClN3O2/c1-14-2-5-16(21)12-19(14)24-20(25)23-13-15-3-6-17(7-4-15)26-18-8-10-22-11-9-18/h2-12H,13H2,1H3,(H2,23,24,25). The molecule has 3 rings (SSSR count). The Morgan fingerprint density at radius 3 is 2.46 bits per heavy atom. The molecule has 2 amide bonds. The maximum Gasteiger partial charge on any atom is 0.319 e. The van der Waals surface area contributed by atoms with Crippen molar-refractivity contribution >= 4 is 23.3 Å². The van der Waals surface area contributed by atoms with E-state index < -0.39 is 0 Å². The summed E-state index contributed by atoms with van der Waals surface area (Å²) in [6.45, 7) is 2.31. The van der Waals surface area contributed by atoms with Gasteiger partial charge < -0.3 is 15.4 Å². The number of halogens is 1. The Bertz CT molecular complexity index is 883. The molecule has 0 spiro atoms. The Morgan fingerprint density at radius 1 is 1.04 bits per heavy atom. The summed E-state index contributed by atoms with van der Waals surface area (Å²) in [6, 6.07) is 16.2. The summed E-state index contributed by atoms with van der Waals surface area (Å²) in [5, 5.41) is 6.20. The van der Waals surface area contributed by atoms with Crippen LogP contribution in [0.25, 0.3) is 0 Å². The Labute approximate surface area is 157 Å². The largest absolute Gasteiger partial charge is 0.457 e. The minimum Gasteiger partial charge on any atom is -0.457 e. The molecule has 3 aromatic rings. The average molecular weight is 368 g/mol. The number of carbonyl (C=O) groups excluding carboxylic acids is 1. The molecule has 0 saturated carbocycles. The second-order valence-electron chi connectivity index (χ2n) is 5.70. The number of amides is 2. The molecular weight excluding hydrogens is 350 g/mol. The number of nitrogens with one attached hydrogen (secondary N) is 2. The molecule has 0 radical (unpaired) electrons. The van der Waals surface area contributed by atoms with Crippen LogP contribution in [0.5, 0.6) is 11.5 Å². The summed E-state index contributed by atoms with van der Waals surface area (Å²) in [4.78, 5) is 16.0. The SMILES string of the molecule is Cc1ccc(Cl)cc1NC(=O)NCc1ccc(Oc2ccncc2)cc1. The molecule has 0 atom stereocenters. The third-order valence-corrected chi connectivity index (χ3v) is 3.94. The van der Waals surface area contributed by atoms with Crippen LogP contribution in [0.15, 0.2) is 67.0 Å². The van der Waals surface area contributed by atoms with Crippen LogP contribution in [0.3, 0.4) is 0 Å². The van der Waals surface area contributed by atoms with Gasteiger partial charge in [0, 0.05) is 29.6 Å². The van der Waals surface area contributed by atoms with Crippen molar-refractivity contribution < 1.29 is 9.53 Å². The van der Waals surface area contributed by atoms with E-state index in [9.17, 15) is 4.79 Å². The number of aryl methyl sites for hydroxylation is 1. The fraction of sp³-hybridized carbons (Fsp3) is 0.100. The molecule has 0 unspecified atom stereocenters. The fourth-order valence-corrected chi connectivity index (χ4v) is 2.47. The Kier molecular flexibility index (Phi) is 5.71. The lowest BCUT2D eigenvalue weighted by molar-refractivity contribution is 0.251. The fourth-order valence-electron chi connectivity index (χ4n) is 2.30. The highest BCUT2D eigenvalue weighted by molar-refractivity contribution is 6.31. The zero-order chi connectivity index (χ0) is 18.4. The first kappa shape index (κ1) is 17.8. The lowest BCUT2D eigenvalue weighted by Gasteiger charge is -2.11. The smallest absolute Gasteiger partial charge is 0.319 e. The summed E-state index contributed by atoms with van der Waals surface area (Å²) in [5.74, 6) is 1.45. The van der Waals surface area contributed by atoms with E-state index in [2.05, 4.69) is 15.6 Å². The highest BCUT2D eigenvalue weighted by Gasteiger charge is 2.05. The molecule has 0 aliphatic heterocycles. The summed E-state index contributed by atoms with van der Waals surface area (Å²) in [7, 11) is 0. The van der Waals surface area contributed by atoms with Gasteiger partial charge in [0.15, 0.2) is 0 Å². The average Bonchev–Trinajstić information content (AvgIpc) is 2.65. The van der Waals surface area contributed by atoms with Crippen molar-refractivity contribution in [3.05, 3.63) is 83.1 Å². The molecule has 1 heterocycles. The molecule has 0 aliphatic carbocycles. The highest BCUT2D eigenvalue weighted by Crippen LogP contribution is 2.21. The molecule has 2 N–H and O–H groups in total. The van der Waals surface area contributed by atoms with E-state index >= 15 is 0 Å². The highest BCUT2D eigenvalue weighted by atomic mass is 35.5. The van der Waals surface area contributed by atoms with Crippen molar-refractivity contribution in [2.24, 2.45) is 0 Å². The van der Waals surface area contributed by atoms with Gasteiger partial charge in [-0.3, -0.25) is 4.98 Å². The van der Waals surface area contributed by atoms with Gasteiger partial charge in [-0.15, -0.1) is 0 Å². The molecule has 2 aromatic carbocycles. The van der Waals surface area contributed by atoms with Crippen LogP contribution < -0.4 is 15.4 Å². The van der Waals surface area contributed by atoms with Crippen LogP contribution in [0, 0.1) is 6.92 Å². The van der Waals surface area contributed by atoms with Crippen molar-refractivity contribution in [3.63, 3.8) is 0 Å². The summed E-state index contributed by atoms with van der Waals surface area (Å²) < 4.78 is 5.71. The van der Waals surface area contributed by atoms with Gasteiger partial charge >= 0.3 is 6.03 Å². The third kappa shape index (κ3) is 4.97. The Hall–Kier alpha value is -3.05. The predicted molar refractivity (Wildman–Crippen MR) is 103 cm³/mol. The van der Waals surface area contributed by atoms with Gasteiger partial charge in [-0.05, 0) is 54.4 Å². The normalized spacial score (nSPS) is 10.2. The van der Waals surface area contributed by atoms with Crippen LogP contribution in [-0.4, -0.2) is 11.0 Å². The van der Waals surface area contributed by atoms with Gasteiger partial charge in [-0.2, -0.15) is 0 Å². The summed E-state index contributed by atoms with van der Waals surface area (Å²) in [6.07, 6.45) is 3.35. The van der Waals surface area contributed by atoms with E-state index in [0.717, 1.165) is 22.6 Å². The van der Waals surface area contributed by atoms with Gasteiger partial charge in [0.05, 0.1) is 0 Å². The number of benzene rings is 2. The quantitative estimate of drug-likeness (QED) is 0.654. The first-order chi connectivity index (χ1) is 12.6. The van der Waals surface area contributed by atoms with Gasteiger partial charge in [-0.1, -0.05) is 29.8 Å². The predicted octanol–water partition coefficient (Wildman–Crippen LogP) is 5.16. The maximum absolute atomic E-state index is 12.1. The topological polar surface area (TPSA) is 63.2 Å². The minimum absolute atomic E-state index is 0.285. The zero-order valence-electron chi connectivity index (χ0n) is 14.2. The number of hydrogen-bond donors (Lipinski definition) is 2. The number of urea groups is 1. The van der Waals surface area contributed by atoms with Crippen LogP contribution in [0.1, 0.15) is 11.1 Å². The molecule has 5 nitrogen and oxygen atoms in total. The van der Waals surface area contributed by atoms with E-state index in [4.69, 9.17) is 16.3 Å². The van der Waals surface area contributed by atoms with Crippen LogP contribution in [-0.2, 0) is 6.54 Å². The first-order valence-corrected chi connectivity index (χ1v) is 8.46. The number of rotatable bonds is 5. The molecule has 0 fully saturated rings. The lowest BCUT2D eigenvalue weighted by Crippen LogP contribution is -2.28. The molecule has 26 heavy (non-hydrogen) atoms. The van der Waals surface area contributed by atoms with Gasteiger partial charge in [0.2, 0.25) is 0 Å². The molecular formula is C20H18ClN3O2. The summed E-state index contributed by atoms with van der Waals surface area (Å²) >= 11 is 5.96. The van der Waals surface area contributed by atoms with Crippen molar-refractivity contribution in [1.82, 2.24) is 10.3 Å². The molecule has 6 heteroatoms. The van der Waals surface area contributed by atoms with Crippen LogP contribution in [0.4, 0.5) is 10.5 Å². The number of pyridine rings is 1. The van der Waals surface area contributed by atoms with Gasteiger partial charge in [-0.25, -0.2) is 4.79 Å². The number of hydrogen-bond acceptors (Lipinski definition) is 3. The van der Waals surface area contributed by atoms with Gasteiger partial charge in [0.25, 0.3) is 0 Å². The molecule has 132 valence electrons. The van der Waals surface area contributed by atoms with E-state index in [0.29, 0.717) is 17.3 Å². The molecule has 0 bridgehead atoms. The number of anilines is 1. The monoisotopic (exact) mass is 367 g/mol. The minimum atomic E-state index is -0.285. The van der Waals surface area contributed by atoms with Gasteiger partial charge in [0.1, 0.15) is 11.5 Å². The molecule has 1 aromatic heterocycles. The van der Waals surface area contributed by atoms with E-state index in [1.807, 2.05) is 37.3 Å². The third-order valence-electron chi connectivity index (χ3n) is 3.71. The number of nitrogens with zero attached hydrogens (tertiary/aromatic N) is 1. The van der Waals surface area contributed by atoms with Crippen molar-refractivity contribution in [2.45, 2.75) is 13.5 Å². The molecule has 0 saturated heterocycles. The first-order valence-electron chi connectivity index (χ1n) is 8.08. The van der Waals surface area contributed by atoms with E-state index in [1.165, 1.54) is 0 Å². The summed E-state index contributed by atoms with van der Waals surface area (Å²) in [5.41, 5.74) is 2.60. The van der Waals surface area contributed by atoms with Crippen molar-refractivity contribution in [3.8, 4) is 11.5 Å². The number of carbonyl (C=O) groups is 1. The van der Waals surface area contributed by atoms with Crippen LogP contribution >= 0.6 is 11.6 Å². The number of aromatic nitrogens is 1. The Morgan fingerprint density at radius 2 is 1.73 bits per heavy atom. The van der Waals surface area contributed by atoms with E-state index in [-0.39, 0.29) is 6.03 Å². The van der Waals surface area contributed by atoms with Crippen molar-refractivity contribution in [1.29, 1.82) is 0 Å². The lowest BCUT2D eigenvalue weighted by atomic mass is 10.2. The second kappa shape index (κ2) is 8.36. The zero-order valence-corrected chi connectivity index (χ0v) is 15.0. The van der Waals surface area contributed by atoms with E-state index in [1.54, 1.807) is 36.7 Å². The number of ether oxygens (including phenoxy) is 1. The van der Waals surface area contributed by atoms with Crippen LogP contribution in [0.2, 0.25) is 5.02 Å². The Balaban J connectivity index is 1.53. The maximum atomic E-state index is 12.1. The second-order valence-corrected chi connectivity index (χ2v) is 6.13. The molecule has 0 aliphatic rings.